The van der Waals surface area contributed by atoms with Crippen LogP contribution in [0.5, 0.6) is 5.75 Å². The van der Waals surface area contributed by atoms with Gasteiger partial charge in [0.1, 0.15) is 5.75 Å². The van der Waals surface area contributed by atoms with Crippen LogP contribution < -0.4 is 10.6 Å². The van der Waals surface area contributed by atoms with Crippen LogP contribution in [0, 0.1) is 0 Å². The van der Waals surface area contributed by atoms with Gasteiger partial charge >= 0.3 is 0 Å². The molecule has 0 unspecified atom stereocenters. The zero-order valence-electron chi connectivity index (χ0n) is 17.7. The fourth-order valence-electron chi connectivity index (χ4n) is 3.61. The van der Waals surface area contributed by atoms with Gasteiger partial charge in [0.05, 0.1) is 18.2 Å². The molecule has 0 aliphatic carbocycles. The lowest BCUT2D eigenvalue weighted by Crippen LogP contribution is -2.30. The van der Waals surface area contributed by atoms with Crippen LogP contribution in [0.4, 0.5) is 11.5 Å². The number of benzene rings is 2. The van der Waals surface area contributed by atoms with Crippen molar-refractivity contribution in [2.75, 3.05) is 17.2 Å². The standard InChI is InChI=1S/C24H20N6O3/c1-2-29(17-8-10-18(31)11-9-17)24(32)16-6-3-5-15(13-16)19-14-30-23(21(25)26-19)27-22(28-30)20-7-4-12-33-20/h3-14,31H,2H2,1H3,(H2,25,26). The summed E-state index contributed by atoms with van der Waals surface area (Å²) in [5, 5.41) is 14.0. The molecule has 5 rings (SSSR count). The highest BCUT2D eigenvalue weighted by molar-refractivity contribution is 6.06. The second kappa shape index (κ2) is 8.12. The monoisotopic (exact) mass is 440 g/mol. The number of anilines is 2. The average molecular weight is 440 g/mol. The predicted octanol–water partition coefficient (Wildman–Crippen LogP) is 4.01. The van der Waals surface area contributed by atoms with Crippen molar-refractivity contribution in [3.8, 4) is 28.6 Å². The number of nitrogen functional groups attached to an aromatic ring is 1. The molecule has 2 aromatic carbocycles. The SMILES string of the molecule is CCN(C(=O)c1cccc(-c2cn3nc(-c4ccco4)nc3c(N)n2)c1)c1ccc(O)cc1. The minimum atomic E-state index is -0.167. The van der Waals surface area contributed by atoms with Gasteiger partial charge in [0, 0.05) is 23.4 Å². The van der Waals surface area contributed by atoms with Crippen LogP contribution in [0.3, 0.4) is 0 Å². The fourth-order valence-corrected chi connectivity index (χ4v) is 3.61. The largest absolute Gasteiger partial charge is 0.508 e. The van der Waals surface area contributed by atoms with Gasteiger partial charge in [-0.2, -0.15) is 0 Å². The number of hydrogen-bond acceptors (Lipinski definition) is 7. The smallest absolute Gasteiger partial charge is 0.258 e. The van der Waals surface area contributed by atoms with E-state index < -0.39 is 0 Å². The van der Waals surface area contributed by atoms with E-state index in [4.69, 9.17) is 10.2 Å². The molecule has 0 spiro atoms. The van der Waals surface area contributed by atoms with Crippen molar-refractivity contribution >= 4 is 23.1 Å². The summed E-state index contributed by atoms with van der Waals surface area (Å²) in [6, 6.07) is 17.2. The third-order valence-corrected chi connectivity index (χ3v) is 5.22. The molecule has 9 heteroatoms. The second-order valence-electron chi connectivity index (χ2n) is 7.34. The third-order valence-electron chi connectivity index (χ3n) is 5.22. The third kappa shape index (κ3) is 3.76. The number of carbonyl (C=O) groups is 1. The van der Waals surface area contributed by atoms with Crippen LogP contribution in [0.15, 0.2) is 77.5 Å². The molecule has 0 atom stereocenters. The molecular formula is C24H20N6O3. The maximum Gasteiger partial charge on any atom is 0.258 e. The van der Waals surface area contributed by atoms with E-state index in [9.17, 15) is 9.90 Å². The summed E-state index contributed by atoms with van der Waals surface area (Å²) in [5.74, 6) is 1.13. The minimum Gasteiger partial charge on any atom is -0.508 e. The number of furan rings is 1. The molecule has 0 fully saturated rings. The van der Waals surface area contributed by atoms with E-state index in [1.807, 2.05) is 13.0 Å². The normalized spacial score (nSPS) is 11.1. The van der Waals surface area contributed by atoms with Gasteiger partial charge in [0.15, 0.2) is 17.2 Å². The van der Waals surface area contributed by atoms with E-state index in [-0.39, 0.29) is 17.5 Å². The number of amides is 1. The van der Waals surface area contributed by atoms with Crippen LogP contribution in [0.2, 0.25) is 0 Å². The molecule has 5 aromatic rings. The number of carbonyl (C=O) groups excluding carboxylic acids is 1. The highest BCUT2D eigenvalue weighted by atomic mass is 16.3. The van der Waals surface area contributed by atoms with Gasteiger partial charge in [-0.1, -0.05) is 12.1 Å². The summed E-state index contributed by atoms with van der Waals surface area (Å²) in [4.78, 5) is 23.7. The van der Waals surface area contributed by atoms with E-state index >= 15 is 0 Å². The number of phenolic OH excluding ortho intramolecular Hbond substituents is 1. The summed E-state index contributed by atoms with van der Waals surface area (Å²) < 4.78 is 6.92. The number of hydrogen-bond donors (Lipinski definition) is 2. The molecular weight excluding hydrogens is 420 g/mol. The van der Waals surface area contributed by atoms with Crippen LogP contribution in [-0.4, -0.2) is 37.1 Å². The van der Waals surface area contributed by atoms with Gasteiger partial charge in [0.25, 0.3) is 5.91 Å². The number of aromatic nitrogens is 4. The lowest BCUT2D eigenvalue weighted by atomic mass is 10.1. The summed E-state index contributed by atoms with van der Waals surface area (Å²) in [7, 11) is 0. The van der Waals surface area contributed by atoms with Gasteiger partial charge < -0.3 is 20.2 Å². The van der Waals surface area contributed by atoms with Crippen LogP contribution >= 0.6 is 0 Å². The van der Waals surface area contributed by atoms with Crippen LogP contribution in [-0.2, 0) is 0 Å². The molecule has 1 amide bonds. The topological polar surface area (TPSA) is 123 Å². The molecule has 0 bridgehead atoms. The van der Waals surface area contributed by atoms with Crippen molar-refractivity contribution in [3.05, 3.63) is 78.7 Å². The van der Waals surface area contributed by atoms with Gasteiger partial charge in [-0.3, -0.25) is 4.79 Å². The molecule has 0 aliphatic rings. The van der Waals surface area contributed by atoms with Crippen molar-refractivity contribution in [2.45, 2.75) is 6.92 Å². The Hall–Kier alpha value is -4.66. The summed E-state index contributed by atoms with van der Waals surface area (Å²) in [5.41, 5.74) is 9.04. The van der Waals surface area contributed by atoms with E-state index in [0.29, 0.717) is 46.3 Å². The first kappa shape index (κ1) is 20.3. The van der Waals surface area contributed by atoms with Crippen molar-refractivity contribution in [3.63, 3.8) is 0 Å². The zero-order valence-corrected chi connectivity index (χ0v) is 17.7. The Balaban J connectivity index is 1.50. The lowest BCUT2D eigenvalue weighted by Gasteiger charge is -2.21. The Labute approximate surface area is 188 Å². The predicted molar refractivity (Wildman–Crippen MR) is 124 cm³/mol. The fraction of sp³-hybridized carbons (Fsp3) is 0.0833. The molecule has 164 valence electrons. The van der Waals surface area contributed by atoms with Crippen molar-refractivity contribution in [2.24, 2.45) is 0 Å². The lowest BCUT2D eigenvalue weighted by molar-refractivity contribution is 0.0988. The van der Waals surface area contributed by atoms with E-state index in [1.54, 1.807) is 76.5 Å². The minimum absolute atomic E-state index is 0.145. The van der Waals surface area contributed by atoms with E-state index in [1.165, 1.54) is 0 Å². The van der Waals surface area contributed by atoms with Crippen LogP contribution in [0.1, 0.15) is 17.3 Å². The first-order chi connectivity index (χ1) is 16.0. The molecule has 0 saturated heterocycles. The van der Waals surface area contributed by atoms with Gasteiger partial charge in [-0.25, -0.2) is 14.5 Å². The van der Waals surface area contributed by atoms with E-state index in [2.05, 4.69) is 15.1 Å². The molecule has 9 nitrogen and oxygen atoms in total. The number of nitrogens with zero attached hydrogens (tertiary/aromatic N) is 5. The number of nitrogens with two attached hydrogens (primary N) is 1. The van der Waals surface area contributed by atoms with E-state index in [0.717, 1.165) is 0 Å². The second-order valence-corrected chi connectivity index (χ2v) is 7.34. The Bertz CT molecular complexity index is 1440. The highest BCUT2D eigenvalue weighted by Gasteiger charge is 2.18. The van der Waals surface area contributed by atoms with Gasteiger partial charge in [-0.15, -0.1) is 5.10 Å². The van der Waals surface area contributed by atoms with Crippen molar-refractivity contribution < 1.29 is 14.3 Å². The molecule has 3 heterocycles. The molecule has 3 aromatic heterocycles. The number of aromatic hydroxyl groups is 1. The molecule has 33 heavy (non-hydrogen) atoms. The van der Waals surface area contributed by atoms with Gasteiger partial charge in [-0.05, 0) is 55.5 Å². The number of phenols is 1. The first-order valence-electron chi connectivity index (χ1n) is 10.3. The molecule has 0 aliphatic heterocycles. The number of fused-ring (bicyclic) bond motifs is 1. The molecule has 0 saturated carbocycles. The quantitative estimate of drug-likeness (QED) is 0.423. The Morgan fingerprint density at radius 1 is 1.12 bits per heavy atom. The Morgan fingerprint density at radius 3 is 2.67 bits per heavy atom. The summed E-state index contributed by atoms with van der Waals surface area (Å²) in [6.07, 6.45) is 3.26. The Kier molecular flexibility index (Phi) is 4.98. The zero-order chi connectivity index (χ0) is 22.9. The highest BCUT2D eigenvalue weighted by Crippen LogP contribution is 2.25. The van der Waals surface area contributed by atoms with Crippen LogP contribution in [0.25, 0.3) is 28.5 Å². The van der Waals surface area contributed by atoms with Gasteiger partial charge in [0.2, 0.25) is 5.82 Å². The molecule has 3 N–H and O–H groups in total. The maximum atomic E-state index is 13.2. The summed E-state index contributed by atoms with van der Waals surface area (Å²) >= 11 is 0. The average Bonchev–Trinajstić information content (AvgIpc) is 3.51. The number of rotatable bonds is 5. The first-order valence-corrected chi connectivity index (χ1v) is 10.3. The maximum absolute atomic E-state index is 13.2. The summed E-state index contributed by atoms with van der Waals surface area (Å²) in [6.45, 7) is 2.37. The van der Waals surface area contributed by atoms with Crippen molar-refractivity contribution in [1.29, 1.82) is 0 Å². The van der Waals surface area contributed by atoms with Crippen molar-refractivity contribution in [1.82, 2.24) is 19.6 Å². The Morgan fingerprint density at radius 2 is 1.94 bits per heavy atom. The molecule has 0 radical (unpaired) electrons.